The maximum Gasteiger partial charge on any atom is 0.306 e. The molecule has 1 aliphatic heterocycles. The van der Waals surface area contributed by atoms with Gasteiger partial charge >= 0.3 is 11.9 Å². The number of hydrogen-bond donors (Lipinski definition) is 0. The standard InChI is InChI=1S/C11H18O5/c1-3-14-9(12)4-5-10(13)15-7-6-11(2)8-16-11/h3-8H2,1-2H3. The molecule has 92 valence electrons. The molecule has 0 aromatic carbocycles. The first-order valence-corrected chi connectivity index (χ1v) is 5.51. The Labute approximate surface area is 95.0 Å². The Kier molecular flexibility index (Phi) is 4.73. The molecule has 0 amide bonds. The van der Waals surface area contributed by atoms with E-state index in [9.17, 15) is 9.59 Å². The van der Waals surface area contributed by atoms with Crippen molar-refractivity contribution in [1.82, 2.24) is 0 Å². The van der Waals surface area contributed by atoms with Crippen LogP contribution in [-0.2, 0) is 23.8 Å². The van der Waals surface area contributed by atoms with Crippen molar-refractivity contribution in [2.45, 2.75) is 38.7 Å². The van der Waals surface area contributed by atoms with Crippen LogP contribution in [0.2, 0.25) is 0 Å². The lowest BCUT2D eigenvalue weighted by atomic mass is 10.1. The van der Waals surface area contributed by atoms with Crippen molar-refractivity contribution >= 4 is 11.9 Å². The second-order valence-corrected chi connectivity index (χ2v) is 4.01. The second-order valence-electron chi connectivity index (χ2n) is 4.01. The van der Waals surface area contributed by atoms with Crippen LogP contribution < -0.4 is 0 Å². The largest absolute Gasteiger partial charge is 0.466 e. The van der Waals surface area contributed by atoms with E-state index in [4.69, 9.17) is 14.2 Å². The molecule has 0 aliphatic carbocycles. The molecule has 1 atom stereocenters. The Bertz CT molecular complexity index is 257. The fourth-order valence-electron chi connectivity index (χ4n) is 1.16. The van der Waals surface area contributed by atoms with Gasteiger partial charge in [0.15, 0.2) is 0 Å². The lowest BCUT2D eigenvalue weighted by Gasteiger charge is -2.06. The minimum Gasteiger partial charge on any atom is -0.466 e. The van der Waals surface area contributed by atoms with Crippen LogP contribution in [0, 0.1) is 0 Å². The summed E-state index contributed by atoms with van der Waals surface area (Å²) in [5, 5.41) is 0. The smallest absolute Gasteiger partial charge is 0.306 e. The van der Waals surface area contributed by atoms with E-state index in [0.29, 0.717) is 19.6 Å². The van der Waals surface area contributed by atoms with Crippen molar-refractivity contribution in [3.8, 4) is 0 Å². The summed E-state index contributed by atoms with van der Waals surface area (Å²) >= 11 is 0. The van der Waals surface area contributed by atoms with Gasteiger partial charge in [-0.15, -0.1) is 0 Å². The molecule has 0 aromatic rings. The first-order chi connectivity index (χ1) is 7.56. The lowest BCUT2D eigenvalue weighted by molar-refractivity contribution is -0.150. The predicted octanol–water partition coefficient (Wildman–Crippen LogP) is 1.05. The highest BCUT2D eigenvalue weighted by atomic mass is 16.6. The Balaban J connectivity index is 2.00. The summed E-state index contributed by atoms with van der Waals surface area (Å²) in [7, 11) is 0. The van der Waals surface area contributed by atoms with E-state index in [-0.39, 0.29) is 30.4 Å². The molecule has 0 radical (unpaired) electrons. The number of carbonyl (C=O) groups is 2. The third kappa shape index (κ3) is 5.11. The Hall–Kier alpha value is -1.10. The van der Waals surface area contributed by atoms with Crippen LogP contribution in [0.25, 0.3) is 0 Å². The number of rotatable bonds is 7. The van der Waals surface area contributed by atoms with Gasteiger partial charge < -0.3 is 14.2 Å². The minimum atomic E-state index is -0.364. The van der Waals surface area contributed by atoms with Crippen molar-refractivity contribution < 1.29 is 23.8 Å². The van der Waals surface area contributed by atoms with Crippen LogP contribution in [0.3, 0.4) is 0 Å². The molecule has 0 saturated carbocycles. The summed E-state index contributed by atoms with van der Waals surface area (Å²) < 4.78 is 14.8. The zero-order chi connectivity index (χ0) is 12.0. The highest BCUT2D eigenvalue weighted by Crippen LogP contribution is 2.29. The van der Waals surface area contributed by atoms with Gasteiger partial charge in [-0.2, -0.15) is 0 Å². The summed E-state index contributed by atoms with van der Waals surface area (Å²) in [6.45, 7) is 5.11. The fraction of sp³-hybridized carbons (Fsp3) is 0.818. The molecule has 1 heterocycles. The van der Waals surface area contributed by atoms with Crippen LogP contribution in [0.4, 0.5) is 0 Å². The van der Waals surface area contributed by atoms with E-state index in [0.717, 1.165) is 6.61 Å². The van der Waals surface area contributed by atoms with Crippen molar-refractivity contribution in [3.05, 3.63) is 0 Å². The molecule has 1 fully saturated rings. The minimum absolute atomic E-state index is 0.0798. The van der Waals surface area contributed by atoms with E-state index < -0.39 is 0 Å². The summed E-state index contributed by atoms with van der Waals surface area (Å²) in [5.74, 6) is -0.728. The first kappa shape index (κ1) is 13.0. The van der Waals surface area contributed by atoms with Gasteiger partial charge in [0.05, 0.1) is 38.3 Å². The number of hydrogen-bond acceptors (Lipinski definition) is 5. The Morgan fingerprint density at radius 1 is 1.25 bits per heavy atom. The normalized spacial score (nSPS) is 22.6. The number of carbonyl (C=O) groups excluding carboxylic acids is 2. The first-order valence-electron chi connectivity index (χ1n) is 5.51. The van der Waals surface area contributed by atoms with E-state index in [1.807, 2.05) is 6.92 Å². The van der Waals surface area contributed by atoms with Crippen LogP contribution in [-0.4, -0.2) is 37.4 Å². The average Bonchev–Trinajstić information content (AvgIpc) is 2.94. The van der Waals surface area contributed by atoms with Gasteiger partial charge in [0.1, 0.15) is 0 Å². The van der Waals surface area contributed by atoms with E-state index in [1.54, 1.807) is 6.92 Å². The molecular formula is C11H18O5. The summed E-state index contributed by atoms with van der Waals surface area (Å²) in [6, 6.07) is 0. The van der Waals surface area contributed by atoms with Crippen LogP contribution >= 0.6 is 0 Å². The van der Waals surface area contributed by atoms with E-state index >= 15 is 0 Å². The van der Waals surface area contributed by atoms with Crippen LogP contribution in [0.5, 0.6) is 0 Å². The predicted molar refractivity (Wildman–Crippen MR) is 55.8 cm³/mol. The average molecular weight is 230 g/mol. The van der Waals surface area contributed by atoms with Crippen molar-refractivity contribution in [1.29, 1.82) is 0 Å². The second kappa shape index (κ2) is 5.84. The van der Waals surface area contributed by atoms with Gasteiger partial charge in [0, 0.05) is 6.42 Å². The number of epoxide rings is 1. The molecule has 0 bridgehead atoms. The summed E-state index contributed by atoms with van der Waals surface area (Å²) in [6.07, 6.45) is 0.870. The zero-order valence-corrected chi connectivity index (χ0v) is 9.78. The van der Waals surface area contributed by atoms with Crippen molar-refractivity contribution in [2.75, 3.05) is 19.8 Å². The molecule has 0 spiro atoms. The molecule has 1 rings (SSSR count). The Morgan fingerprint density at radius 3 is 2.31 bits per heavy atom. The van der Waals surface area contributed by atoms with Crippen molar-refractivity contribution in [2.24, 2.45) is 0 Å². The van der Waals surface area contributed by atoms with Gasteiger partial charge in [0.2, 0.25) is 0 Å². The Morgan fingerprint density at radius 2 is 1.81 bits per heavy atom. The van der Waals surface area contributed by atoms with Crippen molar-refractivity contribution in [3.63, 3.8) is 0 Å². The molecule has 16 heavy (non-hydrogen) atoms. The molecule has 5 nitrogen and oxygen atoms in total. The summed E-state index contributed by atoms with van der Waals surface area (Å²) in [4.78, 5) is 22.1. The highest BCUT2D eigenvalue weighted by molar-refractivity contribution is 5.77. The van der Waals surface area contributed by atoms with Gasteiger partial charge in [-0.05, 0) is 13.8 Å². The van der Waals surface area contributed by atoms with Gasteiger partial charge in [0.25, 0.3) is 0 Å². The molecular weight excluding hydrogens is 212 g/mol. The van der Waals surface area contributed by atoms with Gasteiger partial charge in [-0.3, -0.25) is 9.59 Å². The van der Waals surface area contributed by atoms with E-state index in [1.165, 1.54) is 0 Å². The van der Waals surface area contributed by atoms with E-state index in [2.05, 4.69) is 0 Å². The maximum atomic E-state index is 11.2. The monoisotopic (exact) mass is 230 g/mol. The quantitative estimate of drug-likeness (QED) is 0.483. The van der Waals surface area contributed by atoms with Crippen LogP contribution in [0.15, 0.2) is 0 Å². The molecule has 1 unspecified atom stereocenters. The SMILES string of the molecule is CCOC(=O)CCC(=O)OCCC1(C)CO1. The topological polar surface area (TPSA) is 65.1 Å². The number of esters is 2. The molecule has 0 N–H and O–H groups in total. The van der Waals surface area contributed by atoms with Crippen LogP contribution in [0.1, 0.15) is 33.1 Å². The summed E-state index contributed by atoms with van der Waals surface area (Å²) in [5.41, 5.74) is -0.0958. The third-order valence-electron chi connectivity index (χ3n) is 2.37. The molecule has 1 aliphatic rings. The molecule has 5 heteroatoms. The third-order valence-corrected chi connectivity index (χ3v) is 2.37. The number of ether oxygens (including phenoxy) is 3. The highest BCUT2D eigenvalue weighted by Gasteiger charge is 2.38. The van der Waals surface area contributed by atoms with Gasteiger partial charge in [-0.1, -0.05) is 0 Å². The zero-order valence-electron chi connectivity index (χ0n) is 9.78. The molecule has 1 saturated heterocycles. The fourth-order valence-corrected chi connectivity index (χ4v) is 1.16. The maximum absolute atomic E-state index is 11.2. The molecule has 0 aromatic heterocycles. The van der Waals surface area contributed by atoms with Gasteiger partial charge in [-0.25, -0.2) is 0 Å². The lowest BCUT2D eigenvalue weighted by Crippen LogP contribution is -2.14.